The maximum Gasteiger partial charge on any atom is 0.195 e. The van der Waals surface area contributed by atoms with Crippen LogP contribution < -0.4 is 4.74 Å². The molecule has 7 nitrogen and oxygen atoms in total. The van der Waals surface area contributed by atoms with Crippen LogP contribution in [0.4, 0.5) is 0 Å². The van der Waals surface area contributed by atoms with E-state index in [1.54, 1.807) is 6.07 Å². The maximum absolute atomic E-state index is 13.7. The first-order valence-electron chi connectivity index (χ1n) is 11.7. The minimum Gasteiger partial charge on any atom is -0.491 e. The van der Waals surface area contributed by atoms with Gasteiger partial charge in [-0.1, -0.05) is 6.07 Å². The van der Waals surface area contributed by atoms with Gasteiger partial charge in [-0.25, -0.2) is 0 Å². The average Bonchev–Trinajstić information content (AvgIpc) is 3.41. The van der Waals surface area contributed by atoms with Crippen molar-refractivity contribution in [2.45, 2.75) is 44.0 Å². The fourth-order valence-electron chi connectivity index (χ4n) is 5.61. The number of fused-ring (bicyclic) bond motifs is 6. The molecule has 1 atom stereocenters. The number of hydrogen-bond donors (Lipinski definition) is 1. The van der Waals surface area contributed by atoms with Crippen molar-refractivity contribution in [1.82, 2.24) is 4.98 Å². The van der Waals surface area contributed by atoms with E-state index in [-0.39, 0.29) is 17.3 Å². The summed E-state index contributed by atoms with van der Waals surface area (Å²) in [7, 11) is 0. The van der Waals surface area contributed by atoms with E-state index in [0.29, 0.717) is 48.9 Å². The summed E-state index contributed by atoms with van der Waals surface area (Å²) in [6, 6.07) is 13.4. The number of aromatic amines is 1. The Hall–Kier alpha value is -3.18. The van der Waals surface area contributed by atoms with E-state index >= 15 is 0 Å². The lowest BCUT2D eigenvalue weighted by Crippen LogP contribution is -2.40. The second-order valence-corrected chi connectivity index (χ2v) is 9.74. The number of rotatable bonds is 3. The number of nitrogens with one attached hydrogen (secondary N) is 1. The number of carbonyl (C=O) groups excluding carboxylic acids is 1. The van der Waals surface area contributed by atoms with Crippen molar-refractivity contribution in [3.8, 4) is 11.8 Å². The molecule has 1 N–H and O–H groups in total. The molecule has 3 aromatic rings. The van der Waals surface area contributed by atoms with Gasteiger partial charge in [0.15, 0.2) is 11.6 Å². The molecule has 6 rings (SSSR count). The summed E-state index contributed by atoms with van der Waals surface area (Å²) in [4.78, 5) is 17.2. The normalized spacial score (nSPS) is 22.4. The zero-order valence-corrected chi connectivity index (χ0v) is 19.3. The molecule has 3 heterocycles. The maximum atomic E-state index is 13.7. The van der Waals surface area contributed by atoms with Crippen molar-refractivity contribution < 1.29 is 23.7 Å². The fourth-order valence-corrected chi connectivity index (χ4v) is 5.61. The number of nitrogens with zero attached hydrogens (tertiary/aromatic N) is 1. The van der Waals surface area contributed by atoms with Gasteiger partial charge in [0, 0.05) is 40.8 Å². The Balaban J connectivity index is 1.42. The third-order valence-electron chi connectivity index (χ3n) is 7.23. The number of benzene rings is 2. The molecule has 0 radical (unpaired) electrons. The highest BCUT2D eigenvalue weighted by Crippen LogP contribution is 2.50. The van der Waals surface area contributed by atoms with Crippen molar-refractivity contribution in [1.29, 1.82) is 5.26 Å². The Kier molecular flexibility index (Phi) is 4.82. The molecule has 1 unspecified atom stereocenters. The van der Waals surface area contributed by atoms with Crippen molar-refractivity contribution in [3.05, 3.63) is 64.3 Å². The molecular formula is C27H26N2O5. The van der Waals surface area contributed by atoms with E-state index in [9.17, 15) is 10.1 Å². The molecule has 1 aromatic heterocycles. The monoisotopic (exact) mass is 458 g/mol. The van der Waals surface area contributed by atoms with E-state index in [2.05, 4.69) is 11.1 Å². The van der Waals surface area contributed by atoms with Gasteiger partial charge in [-0.3, -0.25) is 4.79 Å². The zero-order chi connectivity index (χ0) is 23.5. The predicted molar refractivity (Wildman–Crippen MR) is 124 cm³/mol. The number of hydrogen-bond acceptors (Lipinski definition) is 6. The van der Waals surface area contributed by atoms with Gasteiger partial charge in [-0.15, -0.1) is 0 Å². The molecule has 0 amide bonds. The molecule has 7 heteroatoms. The van der Waals surface area contributed by atoms with Crippen molar-refractivity contribution in [2.75, 3.05) is 26.4 Å². The first-order valence-corrected chi connectivity index (χ1v) is 11.7. The summed E-state index contributed by atoms with van der Waals surface area (Å²) < 4.78 is 23.3. The molecule has 2 aliphatic heterocycles. The molecule has 3 aliphatic rings. The molecule has 174 valence electrons. The van der Waals surface area contributed by atoms with Gasteiger partial charge in [-0.05, 0) is 62.6 Å². The number of ketones is 1. The minimum absolute atomic E-state index is 0.00102. The lowest BCUT2D eigenvalue weighted by Gasteiger charge is -2.41. The van der Waals surface area contributed by atoms with Gasteiger partial charge in [0.2, 0.25) is 0 Å². The Morgan fingerprint density at radius 1 is 1.18 bits per heavy atom. The van der Waals surface area contributed by atoms with E-state index in [1.165, 1.54) is 0 Å². The molecule has 1 spiro atoms. The van der Waals surface area contributed by atoms with Gasteiger partial charge >= 0.3 is 0 Å². The lowest BCUT2D eigenvalue weighted by atomic mass is 9.64. The highest BCUT2D eigenvalue weighted by molar-refractivity contribution is 6.20. The molecule has 2 saturated heterocycles. The van der Waals surface area contributed by atoms with Crippen molar-refractivity contribution in [3.63, 3.8) is 0 Å². The molecule has 2 aromatic carbocycles. The van der Waals surface area contributed by atoms with Crippen LogP contribution in [0.3, 0.4) is 0 Å². The highest BCUT2D eigenvalue weighted by Gasteiger charge is 2.47. The first kappa shape index (κ1) is 21.4. The SMILES string of the molecule is CC1(C)OCC(COc2ccc3c(c2)C2(CCOCC2)c2[nH]c4cc(C#N)ccc4c2C3=O)O1. The first-order chi connectivity index (χ1) is 16.4. The number of carbonyl (C=O) groups is 1. The number of H-pyrrole nitrogens is 1. The Labute approximate surface area is 197 Å². The molecule has 0 saturated carbocycles. The van der Waals surface area contributed by atoms with Crippen molar-refractivity contribution in [2.24, 2.45) is 0 Å². The lowest BCUT2D eigenvalue weighted by molar-refractivity contribution is -0.141. The summed E-state index contributed by atoms with van der Waals surface area (Å²) >= 11 is 0. The van der Waals surface area contributed by atoms with Gasteiger partial charge < -0.3 is 23.9 Å². The third kappa shape index (κ3) is 3.25. The minimum atomic E-state index is -0.597. The van der Waals surface area contributed by atoms with Crippen LogP contribution in [0.25, 0.3) is 10.9 Å². The van der Waals surface area contributed by atoms with E-state index in [4.69, 9.17) is 18.9 Å². The second-order valence-electron chi connectivity index (χ2n) is 9.74. The van der Waals surface area contributed by atoms with Crippen molar-refractivity contribution >= 4 is 16.7 Å². The van der Waals surface area contributed by atoms with Gasteiger partial charge in [0.1, 0.15) is 18.5 Å². The van der Waals surface area contributed by atoms with Gasteiger partial charge in [0.05, 0.1) is 23.8 Å². The van der Waals surface area contributed by atoms with Gasteiger partial charge in [-0.2, -0.15) is 5.26 Å². The van der Waals surface area contributed by atoms with Crippen LogP contribution >= 0.6 is 0 Å². The summed E-state index contributed by atoms with van der Waals surface area (Å²) in [6.07, 6.45) is 1.38. The van der Waals surface area contributed by atoms with Gasteiger partial charge in [0.25, 0.3) is 0 Å². The molecule has 0 bridgehead atoms. The van der Waals surface area contributed by atoms with Crippen LogP contribution in [-0.4, -0.2) is 49.1 Å². The zero-order valence-electron chi connectivity index (χ0n) is 19.3. The number of ether oxygens (including phenoxy) is 4. The standard InChI is InChI=1S/C27H26N2O5/c1-26(2)33-15-18(34-26)14-32-17-4-6-19-21(12-17)27(7-9-31-10-8-27)25-23(24(19)30)20-5-3-16(13-28)11-22(20)29-25/h3-6,11-12,18,29H,7-10,14-15H2,1-2H3. The van der Waals surface area contributed by atoms with Crippen LogP contribution in [0.5, 0.6) is 5.75 Å². The Morgan fingerprint density at radius 2 is 2.00 bits per heavy atom. The molecule has 2 fully saturated rings. The second kappa shape index (κ2) is 7.67. The summed E-state index contributed by atoms with van der Waals surface area (Å²) in [5, 5.41) is 10.2. The van der Waals surface area contributed by atoms with Crippen LogP contribution in [0, 0.1) is 11.3 Å². The fraction of sp³-hybridized carbons (Fsp3) is 0.407. The average molecular weight is 459 g/mol. The molecule has 1 aliphatic carbocycles. The smallest absolute Gasteiger partial charge is 0.195 e. The van der Waals surface area contributed by atoms with Crippen LogP contribution in [0.2, 0.25) is 0 Å². The Morgan fingerprint density at radius 3 is 2.74 bits per heavy atom. The van der Waals surface area contributed by atoms with Crippen LogP contribution in [-0.2, 0) is 19.6 Å². The Bertz CT molecular complexity index is 1340. The van der Waals surface area contributed by atoms with E-state index < -0.39 is 5.79 Å². The van der Waals surface area contributed by atoms with Crippen LogP contribution in [0.1, 0.15) is 59.4 Å². The quantitative estimate of drug-likeness (QED) is 0.632. The topological polar surface area (TPSA) is 93.6 Å². The largest absolute Gasteiger partial charge is 0.491 e. The predicted octanol–water partition coefficient (Wildman–Crippen LogP) is 4.21. The highest BCUT2D eigenvalue weighted by atomic mass is 16.7. The van der Waals surface area contributed by atoms with E-state index in [0.717, 1.165) is 35.0 Å². The number of nitriles is 1. The molecule has 34 heavy (non-hydrogen) atoms. The molecular weight excluding hydrogens is 432 g/mol. The number of aromatic nitrogens is 1. The summed E-state index contributed by atoms with van der Waals surface area (Å²) in [5.41, 5.74) is 4.31. The van der Waals surface area contributed by atoms with E-state index in [1.807, 2.05) is 44.2 Å². The summed E-state index contributed by atoms with van der Waals surface area (Å²) in [5.74, 6) is 0.107. The summed E-state index contributed by atoms with van der Waals surface area (Å²) in [6.45, 7) is 5.87. The third-order valence-corrected chi connectivity index (χ3v) is 7.23. The van der Waals surface area contributed by atoms with Crippen LogP contribution in [0.15, 0.2) is 36.4 Å².